The fourth-order valence-corrected chi connectivity index (χ4v) is 1.55. The van der Waals surface area contributed by atoms with Crippen LogP contribution in [0, 0.1) is 0 Å². The molecule has 21 heavy (non-hydrogen) atoms. The predicted molar refractivity (Wildman–Crippen MR) is 64.5 cm³/mol. The number of esters is 1. The van der Waals surface area contributed by atoms with Gasteiger partial charge in [0.2, 0.25) is 5.89 Å². The van der Waals surface area contributed by atoms with Crippen LogP contribution in [0.25, 0.3) is 0 Å². The minimum Gasteiger partial charge on any atom is -0.465 e. The number of hydrogen-bond donors (Lipinski definition) is 0. The van der Waals surface area contributed by atoms with Gasteiger partial charge in [-0.2, -0.15) is 18.2 Å². The molecule has 1 atom stereocenters. The van der Waals surface area contributed by atoms with Gasteiger partial charge in [-0.3, -0.25) is 4.79 Å². The van der Waals surface area contributed by atoms with Crippen molar-refractivity contribution in [2.75, 3.05) is 19.8 Å². The lowest BCUT2D eigenvalue weighted by molar-refractivity contribution is -0.173. The molecule has 1 rings (SSSR count). The average molecular weight is 310 g/mol. The fraction of sp³-hybridized carbons (Fsp3) is 0.750. The lowest BCUT2D eigenvalue weighted by atomic mass is 10.1. The normalized spacial score (nSPS) is 13.2. The van der Waals surface area contributed by atoms with Crippen molar-refractivity contribution >= 4 is 5.97 Å². The van der Waals surface area contributed by atoms with E-state index in [1.54, 1.807) is 13.8 Å². The van der Waals surface area contributed by atoms with Gasteiger partial charge in [-0.25, -0.2) is 0 Å². The van der Waals surface area contributed by atoms with E-state index < -0.39 is 24.7 Å². The summed E-state index contributed by atoms with van der Waals surface area (Å²) >= 11 is 0. The Hall–Kier alpha value is -1.64. The maximum absolute atomic E-state index is 11.9. The maximum Gasteiger partial charge on any atom is 0.411 e. The zero-order valence-corrected chi connectivity index (χ0v) is 11.8. The quantitative estimate of drug-likeness (QED) is 0.541. The molecule has 6 nitrogen and oxygen atoms in total. The summed E-state index contributed by atoms with van der Waals surface area (Å²) in [5.74, 6) is -0.845. The molecular formula is C12H17F3N2O4. The first-order chi connectivity index (χ1) is 9.87. The summed E-state index contributed by atoms with van der Waals surface area (Å²) in [6.45, 7) is 2.17. The van der Waals surface area contributed by atoms with Crippen LogP contribution in [0.4, 0.5) is 13.2 Å². The van der Waals surface area contributed by atoms with Crippen LogP contribution in [0.5, 0.6) is 0 Å². The van der Waals surface area contributed by atoms with Crippen LogP contribution in [-0.2, 0) is 20.7 Å². The number of aromatic nitrogens is 2. The van der Waals surface area contributed by atoms with Crippen LogP contribution in [0.1, 0.15) is 37.9 Å². The van der Waals surface area contributed by atoms with E-state index in [0.29, 0.717) is 6.42 Å². The van der Waals surface area contributed by atoms with Crippen molar-refractivity contribution in [3.8, 4) is 0 Å². The van der Waals surface area contributed by atoms with Gasteiger partial charge in [0.1, 0.15) is 12.5 Å². The molecule has 1 unspecified atom stereocenters. The van der Waals surface area contributed by atoms with E-state index in [1.165, 1.54) is 0 Å². The SMILES string of the molecule is CCOC(=O)C(CC)c1nc(CCOCC(F)(F)F)no1. The van der Waals surface area contributed by atoms with Gasteiger partial charge < -0.3 is 14.0 Å². The third-order valence-electron chi connectivity index (χ3n) is 2.50. The van der Waals surface area contributed by atoms with Crippen LogP contribution in [0.2, 0.25) is 0 Å². The van der Waals surface area contributed by atoms with Crippen molar-refractivity contribution < 1.29 is 32.0 Å². The van der Waals surface area contributed by atoms with E-state index in [9.17, 15) is 18.0 Å². The topological polar surface area (TPSA) is 74.5 Å². The molecule has 0 aliphatic carbocycles. The standard InChI is InChI=1S/C12H17F3N2O4/c1-3-8(11(18)20-4-2)10-16-9(17-21-10)5-6-19-7-12(13,14)15/h8H,3-7H2,1-2H3. The van der Waals surface area contributed by atoms with E-state index in [2.05, 4.69) is 14.9 Å². The number of hydrogen-bond acceptors (Lipinski definition) is 6. The van der Waals surface area contributed by atoms with Gasteiger partial charge in [-0.05, 0) is 13.3 Å². The molecule has 1 aromatic rings. The summed E-state index contributed by atoms with van der Waals surface area (Å²) in [6, 6.07) is 0. The Morgan fingerprint density at radius 3 is 2.67 bits per heavy atom. The lowest BCUT2D eigenvalue weighted by Crippen LogP contribution is -2.18. The summed E-state index contributed by atoms with van der Waals surface area (Å²) in [6.07, 6.45) is -3.87. The Morgan fingerprint density at radius 1 is 1.38 bits per heavy atom. The number of nitrogens with zero attached hydrogens (tertiary/aromatic N) is 2. The van der Waals surface area contributed by atoms with Crippen molar-refractivity contribution in [2.24, 2.45) is 0 Å². The Kier molecular flexibility index (Phi) is 6.60. The van der Waals surface area contributed by atoms with Gasteiger partial charge in [0.15, 0.2) is 5.82 Å². The van der Waals surface area contributed by atoms with Gasteiger partial charge in [-0.1, -0.05) is 12.1 Å². The van der Waals surface area contributed by atoms with Gasteiger partial charge >= 0.3 is 12.1 Å². The second-order valence-corrected chi connectivity index (χ2v) is 4.18. The highest BCUT2D eigenvalue weighted by atomic mass is 19.4. The van der Waals surface area contributed by atoms with E-state index in [4.69, 9.17) is 9.26 Å². The molecule has 0 bridgehead atoms. The highest BCUT2D eigenvalue weighted by molar-refractivity contribution is 5.76. The van der Waals surface area contributed by atoms with Gasteiger partial charge in [0.25, 0.3) is 0 Å². The van der Waals surface area contributed by atoms with Crippen LogP contribution >= 0.6 is 0 Å². The first-order valence-corrected chi connectivity index (χ1v) is 6.51. The van der Waals surface area contributed by atoms with Gasteiger partial charge in [-0.15, -0.1) is 0 Å². The summed E-state index contributed by atoms with van der Waals surface area (Å²) in [5.41, 5.74) is 0. The Balaban J connectivity index is 2.50. The molecule has 0 saturated carbocycles. The molecular weight excluding hydrogens is 293 g/mol. The van der Waals surface area contributed by atoms with E-state index in [1.807, 2.05) is 0 Å². The van der Waals surface area contributed by atoms with Gasteiger partial charge in [0, 0.05) is 6.42 Å². The second-order valence-electron chi connectivity index (χ2n) is 4.18. The van der Waals surface area contributed by atoms with Crippen LogP contribution in [-0.4, -0.2) is 42.1 Å². The number of rotatable bonds is 8. The van der Waals surface area contributed by atoms with Crippen molar-refractivity contribution in [3.63, 3.8) is 0 Å². The molecule has 0 aliphatic rings. The summed E-state index contributed by atoms with van der Waals surface area (Å²) in [4.78, 5) is 15.6. The third-order valence-corrected chi connectivity index (χ3v) is 2.50. The largest absolute Gasteiger partial charge is 0.465 e. The highest BCUT2D eigenvalue weighted by Crippen LogP contribution is 2.19. The summed E-state index contributed by atoms with van der Waals surface area (Å²) in [7, 11) is 0. The highest BCUT2D eigenvalue weighted by Gasteiger charge is 2.28. The molecule has 1 aromatic heterocycles. The number of ether oxygens (including phenoxy) is 2. The minimum absolute atomic E-state index is 0.0683. The number of carbonyl (C=O) groups excluding carboxylic acids is 1. The Morgan fingerprint density at radius 2 is 2.10 bits per heavy atom. The molecule has 0 saturated heterocycles. The van der Waals surface area contributed by atoms with Gasteiger partial charge in [0.05, 0.1) is 13.2 Å². The number of halogens is 3. The molecule has 0 fully saturated rings. The molecule has 0 radical (unpaired) electrons. The predicted octanol–water partition coefficient (Wildman–Crippen LogP) is 2.25. The number of carbonyl (C=O) groups is 1. The van der Waals surface area contributed by atoms with E-state index in [-0.39, 0.29) is 31.3 Å². The summed E-state index contributed by atoms with van der Waals surface area (Å²) in [5, 5.41) is 3.61. The maximum atomic E-state index is 11.9. The molecule has 0 aliphatic heterocycles. The van der Waals surface area contributed by atoms with Crippen LogP contribution < -0.4 is 0 Å². The first kappa shape index (κ1) is 17.4. The zero-order chi connectivity index (χ0) is 15.9. The lowest BCUT2D eigenvalue weighted by Gasteiger charge is -2.08. The minimum atomic E-state index is -4.36. The number of alkyl halides is 3. The van der Waals surface area contributed by atoms with Crippen LogP contribution in [0.3, 0.4) is 0 Å². The molecule has 0 amide bonds. The first-order valence-electron chi connectivity index (χ1n) is 6.51. The zero-order valence-electron chi connectivity index (χ0n) is 11.8. The smallest absolute Gasteiger partial charge is 0.411 e. The molecule has 0 N–H and O–H groups in total. The second kappa shape index (κ2) is 7.96. The van der Waals surface area contributed by atoms with Crippen molar-refractivity contribution in [3.05, 3.63) is 11.7 Å². The fourth-order valence-electron chi connectivity index (χ4n) is 1.55. The van der Waals surface area contributed by atoms with Crippen LogP contribution in [0.15, 0.2) is 4.52 Å². The van der Waals surface area contributed by atoms with E-state index in [0.717, 1.165) is 0 Å². The molecule has 0 spiro atoms. The summed E-state index contributed by atoms with van der Waals surface area (Å²) < 4.78 is 49.9. The third kappa shape index (κ3) is 6.11. The molecule has 0 aromatic carbocycles. The van der Waals surface area contributed by atoms with Crippen molar-refractivity contribution in [1.29, 1.82) is 0 Å². The Bertz CT molecular complexity index is 448. The van der Waals surface area contributed by atoms with Crippen molar-refractivity contribution in [2.45, 2.75) is 38.8 Å². The monoisotopic (exact) mass is 310 g/mol. The molecule has 120 valence electrons. The van der Waals surface area contributed by atoms with E-state index >= 15 is 0 Å². The molecule has 1 heterocycles. The Labute approximate surface area is 119 Å². The van der Waals surface area contributed by atoms with Crippen molar-refractivity contribution in [1.82, 2.24) is 10.1 Å². The molecule has 9 heteroatoms. The average Bonchev–Trinajstić information content (AvgIpc) is 2.83.